The number of nitrogens with one attached hydrogen (secondary N) is 1. The van der Waals surface area contributed by atoms with Gasteiger partial charge in [-0.2, -0.15) is 10.5 Å². The van der Waals surface area contributed by atoms with Crippen LogP contribution < -0.4 is 4.74 Å². The van der Waals surface area contributed by atoms with Gasteiger partial charge in [0.05, 0.1) is 5.56 Å². The third kappa shape index (κ3) is 1.51. The summed E-state index contributed by atoms with van der Waals surface area (Å²) in [6.07, 6.45) is 0. The van der Waals surface area contributed by atoms with E-state index in [1.807, 2.05) is 6.07 Å². The number of H-pyrrole nitrogens is 1. The Hall–Kier alpha value is -2.42. The second-order valence-corrected chi connectivity index (χ2v) is 2.40. The molecule has 0 saturated heterocycles. The SMILES string of the molecule is N#Cc1ccccc1Oc1nn[nH]n1. The van der Waals surface area contributed by atoms with E-state index in [9.17, 15) is 0 Å². The Morgan fingerprint density at radius 2 is 2.21 bits per heavy atom. The zero-order chi connectivity index (χ0) is 9.80. The van der Waals surface area contributed by atoms with Crippen LogP contribution in [-0.2, 0) is 0 Å². The average molecular weight is 187 g/mol. The first-order chi connectivity index (χ1) is 6.90. The summed E-state index contributed by atoms with van der Waals surface area (Å²) >= 11 is 0. The average Bonchev–Trinajstić information content (AvgIpc) is 2.71. The van der Waals surface area contributed by atoms with Crippen molar-refractivity contribution < 1.29 is 4.74 Å². The third-order valence-electron chi connectivity index (χ3n) is 1.53. The van der Waals surface area contributed by atoms with Crippen LogP contribution in [0.1, 0.15) is 5.56 Å². The minimum absolute atomic E-state index is 0.0905. The fraction of sp³-hybridized carbons (Fsp3) is 0. The summed E-state index contributed by atoms with van der Waals surface area (Å²) < 4.78 is 5.20. The first-order valence-electron chi connectivity index (χ1n) is 3.80. The van der Waals surface area contributed by atoms with Crippen LogP contribution >= 0.6 is 0 Å². The number of nitriles is 1. The number of tetrazole rings is 1. The molecule has 6 heteroatoms. The van der Waals surface area contributed by atoms with E-state index in [2.05, 4.69) is 20.6 Å². The first-order valence-corrected chi connectivity index (χ1v) is 3.80. The van der Waals surface area contributed by atoms with Crippen molar-refractivity contribution in [2.24, 2.45) is 0 Å². The number of hydrogen-bond acceptors (Lipinski definition) is 5. The van der Waals surface area contributed by atoms with Gasteiger partial charge in [-0.25, -0.2) is 0 Å². The normalized spacial score (nSPS) is 9.36. The number of aromatic amines is 1. The molecule has 2 aromatic rings. The van der Waals surface area contributed by atoms with Gasteiger partial charge in [-0.1, -0.05) is 22.3 Å². The molecule has 2 rings (SSSR count). The summed E-state index contributed by atoms with van der Waals surface area (Å²) in [5, 5.41) is 21.5. The smallest absolute Gasteiger partial charge is 0.361 e. The van der Waals surface area contributed by atoms with Crippen molar-refractivity contribution in [2.45, 2.75) is 0 Å². The summed E-state index contributed by atoms with van der Waals surface area (Å²) in [5.74, 6) is 0.413. The Morgan fingerprint density at radius 1 is 1.36 bits per heavy atom. The molecule has 0 aliphatic carbocycles. The van der Waals surface area contributed by atoms with Crippen LogP contribution in [0.2, 0.25) is 0 Å². The molecular formula is C8H5N5O. The van der Waals surface area contributed by atoms with Gasteiger partial charge in [0.2, 0.25) is 0 Å². The van der Waals surface area contributed by atoms with E-state index in [0.29, 0.717) is 11.3 Å². The van der Waals surface area contributed by atoms with E-state index in [0.717, 1.165) is 0 Å². The van der Waals surface area contributed by atoms with E-state index in [-0.39, 0.29) is 6.01 Å². The number of benzene rings is 1. The molecule has 0 radical (unpaired) electrons. The van der Waals surface area contributed by atoms with Gasteiger partial charge >= 0.3 is 6.01 Å². The number of rotatable bonds is 2. The molecule has 68 valence electrons. The molecule has 0 bridgehead atoms. The quantitative estimate of drug-likeness (QED) is 0.753. The van der Waals surface area contributed by atoms with Gasteiger partial charge in [-0.3, -0.25) is 0 Å². The molecule has 0 spiro atoms. The molecule has 0 amide bonds. The molecule has 6 nitrogen and oxygen atoms in total. The van der Waals surface area contributed by atoms with Gasteiger partial charge in [0.15, 0.2) is 0 Å². The predicted octanol–water partition coefficient (Wildman–Crippen LogP) is 0.864. The van der Waals surface area contributed by atoms with Crippen LogP contribution in [0, 0.1) is 11.3 Å². The number of hydrogen-bond donors (Lipinski definition) is 1. The first kappa shape index (κ1) is 8.19. The molecule has 1 aromatic heterocycles. The van der Waals surface area contributed by atoms with Gasteiger partial charge in [-0.15, -0.1) is 0 Å². The van der Waals surface area contributed by atoms with Crippen molar-refractivity contribution in [3.05, 3.63) is 29.8 Å². The Balaban J connectivity index is 2.30. The molecule has 1 N–H and O–H groups in total. The van der Waals surface area contributed by atoms with Crippen molar-refractivity contribution in [3.63, 3.8) is 0 Å². The fourth-order valence-corrected chi connectivity index (χ4v) is 0.942. The van der Waals surface area contributed by atoms with Gasteiger partial charge in [0, 0.05) is 0 Å². The van der Waals surface area contributed by atoms with Crippen molar-refractivity contribution >= 4 is 0 Å². The largest absolute Gasteiger partial charge is 0.421 e. The lowest BCUT2D eigenvalue weighted by Crippen LogP contribution is -1.89. The maximum atomic E-state index is 8.75. The Bertz CT molecular complexity index is 459. The standard InChI is InChI=1S/C8H5N5O/c9-5-6-3-1-2-4-7(6)14-8-10-12-13-11-8/h1-4H,(H,10,11,12,13). The van der Waals surface area contributed by atoms with Crippen LogP contribution in [0.25, 0.3) is 0 Å². The highest BCUT2D eigenvalue weighted by molar-refractivity contribution is 5.43. The second-order valence-electron chi connectivity index (χ2n) is 2.40. The summed E-state index contributed by atoms with van der Waals surface area (Å²) in [6.45, 7) is 0. The topological polar surface area (TPSA) is 87.5 Å². The van der Waals surface area contributed by atoms with Gasteiger partial charge in [0.1, 0.15) is 11.8 Å². The molecule has 1 aromatic carbocycles. The number of aromatic nitrogens is 4. The van der Waals surface area contributed by atoms with Gasteiger partial charge in [0.25, 0.3) is 0 Å². The predicted molar refractivity (Wildman–Crippen MR) is 45.4 cm³/mol. The minimum Gasteiger partial charge on any atom is -0.421 e. The van der Waals surface area contributed by atoms with Gasteiger partial charge in [-0.05, 0) is 17.3 Å². The minimum atomic E-state index is 0.0905. The van der Waals surface area contributed by atoms with Crippen molar-refractivity contribution in [3.8, 4) is 17.8 Å². The van der Waals surface area contributed by atoms with Crippen LogP contribution in [-0.4, -0.2) is 20.6 Å². The van der Waals surface area contributed by atoms with Crippen molar-refractivity contribution in [2.75, 3.05) is 0 Å². The summed E-state index contributed by atoms with van der Waals surface area (Å²) in [4.78, 5) is 0. The summed E-state index contributed by atoms with van der Waals surface area (Å²) in [5.41, 5.74) is 0.428. The summed E-state index contributed by atoms with van der Waals surface area (Å²) in [6, 6.07) is 8.91. The van der Waals surface area contributed by atoms with Crippen molar-refractivity contribution in [1.29, 1.82) is 5.26 Å². The monoisotopic (exact) mass is 187 g/mol. The molecule has 0 saturated carbocycles. The van der Waals surface area contributed by atoms with Crippen molar-refractivity contribution in [1.82, 2.24) is 20.6 Å². The molecule has 0 aliphatic rings. The zero-order valence-corrected chi connectivity index (χ0v) is 7.01. The molecule has 0 aliphatic heterocycles. The lowest BCUT2D eigenvalue weighted by molar-refractivity contribution is 0.441. The Morgan fingerprint density at radius 3 is 2.93 bits per heavy atom. The van der Waals surface area contributed by atoms with Crippen LogP contribution in [0.5, 0.6) is 11.8 Å². The lowest BCUT2D eigenvalue weighted by Gasteiger charge is -2.00. The molecule has 0 fully saturated rings. The highest BCUT2D eigenvalue weighted by Gasteiger charge is 2.05. The van der Waals surface area contributed by atoms with E-state index in [1.54, 1.807) is 24.3 Å². The molecule has 1 heterocycles. The zero-order valence-electron chi connectivity index (χ0n) is 7.01. The molecule has 14 heavy (non-hydrogen) atoms. The maximum absolute atomic E-state index is 8.75. The Kier molecular flexibility index (Phi) is 2.07. The Labute approximate surface area is 79.1 Å². The highest BCUT2D eigenvalue weighted by atomic mass is 16.5. The molecular weight excluding hydrogens is 182 g/mol. The second kappa shape index (κ2) is 3.53. The summed E-state index contributed by atoms with van der Waals surface area (Å²) in [7, 11) is 0. The highest BCUT2D eigenvalue weighted by Crippen LogP contribution is 2.20. The van der Waals surface area contributed by atoms with Crippen LogP contribution in [0.3, 0.4) is 0 Å². The maximum Gasteiger partial charge on any atom is 0.361 e. The third-order valence-corrected chi connectivity index (χ3v) is 1.53. The number of nitrogens with zero attached hydrogens (tertiary/aromatic N) is 4. The fourth-order valence-electron chi connectivity index (χ4n) is 0.942. The van der Waals surface area contributed by atoms with E-state index in [4.69, 9.17) is 10.00 Å². The number of ether oxygens (including phenoxy) is 1. The molecule has 0 atom stereocenters. The lowest BCUT2D eigenvalue weighted by atomic mass is 10.2. The van der Waals surface area contributed by atoms with E-state index in [1.165, 1.54) is 0 Å². The van der Waals surface area contributed by atoms with E-state index < -0.39 is 0 Å². The van der Waals surface area contributed by atoms with Crippen LogP contribution in [0.15, 0.2) is 24.3 Å². The molecule has 0 unspecified atom stereocenters. The van der Waals surface area contributed by atoms with E-state index >= 15 is 0 Å². The van der Waals surface area contributed by atoms with Gasteiger partial charge < -0.3 is 4.74 Å². The van der Waals surface area contributed by atoms with Crippen LogP contribution in [0.4, 0.5) is 0 Å². The number of para-hydroxylation sites is 1.